The molecule has 8 heteroatoms. The number of hydrogen-bond acceptors (Lipinski definition) is 3. The first-order valence-electron chi connectivity index (χ1n) is 9.55. The lowest BCUT2D eigenvalue weighted by atomic mass is 9.50. The molecule has 0 radical (unpaired) electrons. The van der Waals surface area contributed by atoms with Crippen LogP contribution < -0.4 is 5.32 Å². The molecule has 1 aliphatic rings. The summed E-state index contributed by atoms with van der Waals surface area (Å²) in [5.74, 6) is 0.174. The molecule has 0 fully saturated rings. The number of fused-ring (bicyclic) bond motifs is 2. The van der Waals surface area contributed by atoms with Crippen molar-refractivity contribution < 1.29 is 0 Å². The van der Waals surface area contributed by atoms with Crippen molar-refractivity contribution in [3.63, 3.8) is 0 Å². The highest BCUT2D eigenvalue weighted by Crippen LogP contribution is 2.40. The first-order valence-corrected chi connectivity index (χ1v) is 10.3. The average molecular weight is 419 g/mol. The van der Waals surface area contributed by atoms with Crippen LogP contribution in [-0.4, -0.2) is 35.6 Å². The third kappa shape index (κ3) is 3.25. The molecule has 0 bridgehead atoms. The number of benzene rings is 2. The van der Waals surface area contributed by atoms with E-state index in [0.717, 1.165) is 28.9 Å². The molecule has 5 rings (SSSR count). The Balaban J connectivity index is 1.60. The molecule has 1 unspecified atom stereocenters. The first-order chi connectivity index (χ1) is 13.9. The molecule has 2 aromatic carbocycles. The second-order valence-electron chi connectivity index (χ2n) is 8.08. The van der Waals surface area contributed by atoms with E-state index in [1.54, 1.807) is 10.8 Å². The SMILES string of the molecule is BC1(B)NCc2cc(-c3ccc4ncnn4c3)ccc2C1c1ccc(Cl)c(Cl)c1. The second kappa shape index (κ2) is 6.91. The molecule has 3 heterocycles. The number of hydrogen-bond donors (Lipinski definition) is 1. The van der Waals surface area contributed by atoms with E-state index in [4.69, 9.17) is 23.2 Å². The predicted octanol–water partition coefficient (Wildman–Crippen LogP) is 2.86. The summed E-state index contributed by atoms with van der Waals surface area (Å²) in [6, 6.07) is 16.7. The fraction of sp³-hybridized carbons (Fsp3) is 0.143. The second-order valence-corrected chi connectivity index (χ2v) is 8.89. The standard InChI is InChI=1S/C21H18B2Cl2N4/c22-21(23)20(13-2-5-17(24)18(25)8-13)16-4-1-12(7-15(16)9-27-21)14-3-6-19-26-11-28-29(19)10-14/h1-8,10-11,20,27H,9,22-23H2. The highest BCUT2D eigenvalue weighted by Gasteiger charge is 2.36. The summed E-state index contributed by atoms with van der Waals surface area (Å²) in [5.41, 5.74) is 6.89. The Morgan fingerprint density at radius 2 is 1.83 bits per heavy atom. The van der Waals surface area contributed by atoms with Crippen molar-refractivity contribution in [1.29, 1.82) is 0 Å². The maximum absolute atomic E-state index is 6.33. The van der Waals surface area contributed by atoms with E-state index in [2.05, 4.69) is 61.4 Å². The van der Waals surface area contributed by atoms with Gasteiger partial charge in [0.15, 0.2) is 5.65 Å². The van der Waals surface area contributed by atoms with E-state index in [-0.39, 0.29) is 11.3 Å². The number of nitrogens with zero attached hydrogens (tertiary/aromatic N) is 3. The molecule has 0 saturated heterocycles. The summed E-state index contributed by atoms with van der Waals surface area (Å²) in [5, 5.41) is 9.01. The van der Waals surface area contributed by atoms with E-state index in [1.807, 2.05) is 24.4 Å². The van der Waals surface area contributed by atoms with Gasteiger partial charge in [-0.25, -0.2) is 9.50 Å². The third-order valence-electron chi connectivity index (χ3n) is 5.79. The quantitative estimate of drug-likeness (QED) is 0.509. The van der Waals surface area contributed by atoms with E-state index in [0.29, 0.717) is 10.0 Å². The van der Waals surface area contributed by atoms with Gasteiger partial charge >= 0.3 is 0 Å². The summed E-state index contributed by atoms with van der Waals surface area (Å²) in [6.45, 7) is 0.819. The lowest BCUT2D eigenvalue weighted by molar-refractivity contribution is 0.497. The minimum Gasteiger partial charge on any atom is -0.322 e. The number of aromatic nitrogens is 3. The molecular weight excluding hydrogens is 401 g/mol. The zero-order valence-corrected chi connectivity index (χ0v) is 17.7. The Hall–Kier alpha value is -2.27. The Morgan fingerprint density at radius 3 is 2.66 bits per heavy atom. The summed E-state index contributed by atoms with van der Waals surface area (Å²) in [7, 11) is 4.46. The number of nitrogens with one attached hydrogen (secondary N) is 1. The summed E-state index contributed by atoms with van der Waals surface area (Å²) in [6.07, 6.45) is 3.58. The monoisotopic (exact) mass is 418 g/mol. The van der Waals surface area contributed by atoms with Crippen LogP contribution in [0.5, 0.6) is 0 Å². The Labute approximate surface area is 181 Å². The number of pyridine rings is 1. The zero-order chi connectivity index (χ0) is 20.2. The number of rotatable bonds is 2. The molecular formula is C21H18B2Cl2N4. The van der Waals surface area contributed by atoms with Crippen LogP contribution in [0.3, 0.4) is 0 Å². The number of halogens is 2. The summed E-state index contributed by atoms with van der Waals surface area (Å²) < 4.78 is 1.80. The van der Waals surface area contributed by atoms with Gasteiger partial charge in [0.25, 0.3) is 0 Å². The van der Waals surface area contributed by atoms with Gasteiger partial charge in [-0.05, 0) is 57.9 Å². The van der Waals surface area contributed by atoms with Gasteiger partial charge in [0.05, 0.1) is 10.0 Å². The van der Waals surface area contributed by atoms with Crippen LogP contribution in [0.25, 0.3) is 16.8 Å². The minimum absolute atomic E-state index is 0.106. The van der Waals surface area contributed by atoms with Crippen molar-refractivity contribution in [2.45, 2.75) is 17.8 Å². The largest absolute Gasteiger partial charge is 0.322 e. The molecule has 2 aromatic heterocycles. The fourth-order valence-corrected chi connectivity index (χ4v) is 4.62. The van der Waals surface area contributed by atoms with Gasteiger partial charge in [-0.15, -0.1) is 0 Å². The molecule has 0 amide bonds. The zero-order valence-electron chi connectivity index (χ0n) is 16.2. The molecule has 142 valence electrons. The van der Waals surface area contributed by atoms with Crippen LogP contribution >= 0.6 is 23.2 Å². The lowest BCUT2D eigenvalue weighted by Crippen LogP contribution is -2.54. The van der Waals surface area contributed by atoms with Crippen LogP contribution in [0.1, 0.15) is 22.6 Å². The highest BCUT2D eigenvalue weighted by molar-refractivity contribution is 6.42. The molecule has 1 N–H and O–H groups in total. The van der Waals surface area contributed by atoms with Gasteiger partial charge in [0.2, 0.25) is 0 Å². The molecule has 0 saturated carbocycles. The normalized spacial score (nSPS) is 17.9. The van der Waals surface area contributed by atoms with Crippen molar-refractivity contribution in [3.05, 3.63) is 87.8 Å². The topological polar surface area (TPSA) is 42.2 Å². The van der Waals surface area contributed by atoms with Crippen molar-refractivity contribution in [1.82, 2.24) is 19.9 Å². The molecule has 29 heavy (non-hydrogen) atoms. The fourth-order valence-electron chi connectivity index (χ4n) is 4.31. The molecule has 1 atom stereocenters. The lowest BCUT2D eigenvalue weighted by Gasteiger charge is -2.42. The van der Waals surface area contributed by atoms with E-state index in [9.17, 15) is 0 Å². The van der Waals surface area contributed by atoms with Gasteiger partial charge < -0.3 is 5.32 Å². The third-order valence-corrected chi connectivity index (χ3v) is 6.53. The van der Waals surface area contributed by atoms with Crippen molar-refractivity contribution in [3.8, 4) is 11.1 Å². The van der Waals surface area contributed by atoms with Crippen LogP contribution in [0.15, 0.2) is 61.1 Å². The van der Waals surface area contributed by atoms with Gasteiger partial charge in [-0.1, -0.05) is 41.4 Å². The van der Waals surface area contributed by atoms with E-state index >= 15 is 0 Å². The maximum atomic E-state index is 6.33. The molecule has 4 aromatic rings. The van der Waals surface area contributed by atoms with Crippen molar-refractivity contribution >= 4 is 44.5 Å². The van der Waals surface area contributed by atoms with E-state index in [1.165, 1.54) is 11.1 Å². The van der Waals surface area contributed by atoms with Crippen LogP contribution in [0.2, 0.25) is 10.0 Å². The first kappa shape index (κ1) is 18.7. The van der Waals surface area contributed by atoms with Gasteiger partial charge in [-0.3, -0.25) is 0 Å². The van der Waals surface area contributed by atoms with E-state index < -0.39 is 0 Å². The highest BCUT2D eigenvalue weighted by atomic mass is 35.5. The predicted molar refractivity (Wildman–Crippen MR) is 123 cm³/mol. The molecule has 1 aliphatic heterocycles. The van der Waals surface area contributed by atoms with Crippen LogP contribution in [0.4, 0.5) is 0 Å². The van der Waals surface area contributed by atoms with Gasteiger partial charge in [0.1, 0.15) is 22.0 Å². The van der Waals surface area contributed by atoms with Crippen LogP contribution in [0, 0.1) is 0 Å². The van der Waals surface area contributed by atoms with Crippen LogP contribution in [-0.2, 0) is 6.54 Å². The molecule has 0 aliphatic carbocycles. The average Bonchev–Trinajstić information content (AvgIpc) is 3.17. The summed E-state index contributed by atoms with van der Waals surface area (Å²) in [4.78, 5) is 4.22. The Kier molecular flexibility index (Phi) is 4.46. The Bertz CT molecular complexity index is 1240. The van der Waals surface area contributed by atoms with Gasteiger partial charge in [0, 0.05) is 24.2 Å². The van der Waals surface area contributed by atoms with Gasteiger partial charge in [-0.2, -0.15) is 5.10 Å². The minimum atomic E-state index is -0.106. The molecule has 4 nitrogen and oxygen atoms in total. The summed E-state index contributed by atoms with van der Waals surface area (Å²) >= 11 is 12.5. The maximum Gasteiger partial charge on any atom is 0.155 e. The van der Waals surface area contributed by atoms with Crippen molar-refractivity contribution in [2.75, 3.05) is 0 Å². The molecule has 0 spiro atoms. The smallest absolute Gasteiger partial charge is 0.155 e. The Morgan fingerprint density at radius 1 is 1.00 bits per heavy atom. The van der Waals surface area contributed by atoms with Crippen molar-refractivity contribution in [2.24, 2.45) is 0 Å².